The van der Waals surface area contributed by atoms with Gasteiger partial charge in [0.15, 0.2) is 5.17 Å². The van der Waals surface area contributed by atoms with E-state index in [0.717, 1.165) is 21.2 Å². The molecule has 0 radical (unpaired) electrons. The molecule has 0 unspecified atom stereocenters. The van der Waals surface area contributed by atoms with Crippen molar-refractivity contribution in [3.63, 3.8) is 0 Å². The van der Waals surface area contributed by atoms with Crippen molar-refractivity contribution < 1.29 is 4.79 Å². The Balaban J connectivity index is 1.57. The molecule has 2 heterocycles. The number of anilines is 2. The van der Waals surface area contributed by atoms with Crippen molar-refractivity contribution in [3.05, 3.63) is 94.4 Å². The third-order valence-corrected chi connectivity index (χ3v) is 7.56. The number of aliphatic imine (C=N–C) groups is 1. The molecule has 0 aliphatic carbocycles. The predicted molar refractivity (Wildman–Crippen MR) is 130 cm³/mol. The molecule has 3 aromatic carbocycles. The highest BCUT2D eigenvalue weighted by atomic mass is 32.2. The monoisotopic (exact) mass is 444 g/mol. The number of para-hydroxylation sites is 3. The Hall–Kier alpha value is -3.16. The minimum atomic E-state index is -0.0377. The number of carbonyl (C=O) groups excluding carboxylic acids is 1. The van der Waals surface area contributed by atoms with Gasteiger partial charge >= 0.3 is 0 Å². The summed E-state index contributed by atoms with van der Waals surface area (Å²) in [5, 5.41) is 1.57. The van der Waals surface area contributed by atoms with E-state index in [1.54, 1.807) is 16.7 Å². The van der Waals surface area contributed by atoms with Gasteiger partial charge in [-0.1, -0.05) is 66.4 Å². The van der Waals surface area contributed by atoms with Crippen LogP contribution in [0.3, 0.4) is 0 Å². The second kappa shape index (κ2) is 8.17. The standard InChI is InChI=1S/C24H20N4OS2/c1-27-19-13-7-8-14-20(19)30-23(27)21-22(29)28(15-16-9-3-2-4-10-16)24(31-21)26-18-12-6-5-11-17(18)25/h2-14H,15,25H2,1H3. The lowest BCUT2D eigenvalue weighted by molar-refractivity contribution is -0.122. The number of carbonyl (C=O) groups is 1. The average Bonchev–Trinajstić information content (AvgIpc) is 3.28. The van der Waals surface area contributed by atoms with Crippen LogP contribution in [0, 0.1) is 0 Å². The third kappa shape index (κ3) is 3.71. The summed E-state index contributed by atoms with van der Waals surface area (Å²) in [4.78, 5) is 24.0. The van der Waals surface area contributed by atoms with E-state index in [0.29, 0.717) is 28.0 Å². The molecule has 0 saturated carbocycles. The predicted octanol–water partition coefficient (Wildman–Crippen LogP) is 5.44. The van der Waals surface area contributed by atoms with Crippen molar-refractivity contribution in [2.24, 2.45) is 4.99 Å². The van der Waals surface area contributed by atoms with Crippen LogP contribution < -0.4 is 10.6 Å². The smallest absolute Gasteiger partial charge is 0.269 e. The third-order valence-electron chi connectivity index (χ3n) is 5.13. The van der Waals surface area contributed by atoms with E-state index in [1.165, 1.54) is 11.8 Å². The molecule has 2 N–H and O–H groups in total. The fourth-order valence-electron chi connectivity index (χ4n) is 3.52. The van der Waals surface area contributed by atoms with Gasteiger partial charge in [0, 0.05) is 11.9 Å². The Morgan fingerprint density at radius 3 is 2.39 bits per heavy atom. The van der Waals surface area contributed by atoms with Crippen LogP contribution in [0.15, 0.2) is 98.7 Å². The summed E-state index contributed by atoms with van der Waals surface area (Å²) in [5.41, 5.74) is 9.53. The molecule has 31 heavy (non-hydrogen) atoms. The zero-order chi connectivity index (χ0) is 21.4. The van der Waals surface area contributed by atoms with Gasteiger partial charge in [0.2, 0.25) is 0 Å². The van der Waals surface area contributed by atoms with Gasteiger partial charge in [-0.2, -0.15) is 0 Å². The van der Waals surface area contributed by atoms with Crippen LogP contribution in [0.1, 0.15) is 5.56 Å². The summed E-state index contributed by atoms with van der Waals surface area (Å²) in [6, 6.07) is 25.6. The van der Waals surface area contributed by atoms with E-state index >= 15 is 0 Å². The normalized spacial score (nSPS) is 19.4. The SMILES string of the molecule is CN1C(=C2SC(=Nc3ccccc3N)N(Cc3ccccc3)C2=O)Sc2ccccc21. The van der Waals surface area contributed by atoms with Gasteiger partial charge in [0.25, 0.3) is 5.91 Å². The van der Waals surface area contributed by atoms with E-state index in [1.807, 2.05) is 73.8 Å². The number of amidine groups is 1. The molecule has 1 saturated heterocycles. The number of hydrogen-bond donors (Lipinski definition) is 1. The fourth-order valence-corrected chi connectivity index (χ4v) is 5.85. The molecular weight excluding hydrogens is 424 g/mol. The maximum Gasteiger partial charge on any atom is 0.269 e. The molecule has 2 aliphatic heterocycles. The average molecular weight is 445 g/mol. The molecule has 3 aromatic rings. The van der Waals surface area contributed by atoms with Crippen molar-refractivity contribution in [1.29, 1.82) is 0 Å². The van der Waals surface area contributed by atoms with Gasteiger partial charge in [-0.3, -0.25) is 9.69 Å². The van der Waals surface area contributed by atoms with Crippen molar-refractivity contribution >= 4 is 51.7 Å². The maximum absolute atomic E-state index is 13.6. The van der Waals surface area contributed by atoms with E-state index in [2.05, 4.69) is 17.0 Å². The lowest BCUT2D eigenvalue weighted by Gasteiger charge is -2.17. The molecule has 0 spiro atoms. The highest BCUT2D eigenvalue weighted by molar-refractivity contribution is 8.19. The molecule has 0 atom stereocenters. The molecule has 7 heteroatoms. The van der Waals surface area contributed by atoms with Gasteiger partial charge in [-0.15, -0.1) is 0 Å². The number of thioether (sulfide) groups is 2. The van der Waals surface area contributed by atoms with Crippen molar-refractivity contribution in [3.8, 4) is 0 Å². The second-order valence-corrected chi connectivity index (χ2v) is 9.20. The van der Waals surface area contributed by atoms with Crippen LogP contribution in [0.5, 0.6) is 0 Å². The summed E-state index contributed by atoms with van der Waals surface area (Å²) in [7, 11) is 2.00. The zero-order valence-corrected chi connectivity index (χ0v) is 18.5. The Kier molecular flexibility index (Phi) is 5.21. The van der Waals surface area contributed by atoms with Gasteiger partial charge in [-0.25, -0.2) is 4.99 Å². The number of benzene rings is 3. The first-order valence-corrected chi connectivity index (χ1v) is 11.5. The highest BCUT2D eigenvalue weighted by Crippen LogP contribution is 2.50. The van der Waals surface area contributed by atoms with Crippen LogP contribution in [0.2, 0.25) is 0 Å². The topological polar surface area (TPSA) is 61.9 Å². The van der Waals surface area contributed by atoms with Crippen LogP contribution >= 0.6 is 23.5 Å². The van der Waals surface area contributed by atoms with Crippen LogP contribution in [0.4, 0.5) is 17.1 Å². The molecule has 154 valence electrons. The largest absolute Gasteiger partial charge is 0.397 e. The van der Waals surface area contributed by atoms with Gasteiger partial charge < -0.3 is 10.6 Å². The number of amides is 1. The van der Waals surface area contributed by atoms with Gasteiger partial charge in [-0.05, 0) is 41.6 Å². The van der Waals surface area contributed by atoms with Crippen molar-refractivity contribution in [1.82, 2.24) is 4.90 Å². The Labute approximate surface area is 189 Å². The second-order valence-electron chi connectivity index (χ2n) is 7.20. The number of rotatable bonds is 3. The molecule has 0 aromatic heterocycles. The number of nitrogen functional groups attached to an aromatic ring is 1. The van der Waals surface area contributed by atoms with E-state index in [4.69, 9.17) is 10.7 Å². The Morgan fingerprint density at radius 1 is 0.903 bits per heavy atom. The number of nitrogens with zero attached hydrogens (tertiary/aromatic N) is 3. The van der Waals surface area contributed by atoms with Crippen LogP contribution in [-0.4, -0.2) is 23.0 Å². The number of nitrogens with two attached hydrogens (primary N) is 1. The minimum Gasteiger partial charge on any atom is -0.397 e. The summed E-state index contributed by atoms with van der Waals surface area (Å²) < 4.78 is 0. The maximum atomic E-state index is 13.6. The van der Waals surface area contributed by atoms with Crippen LogP contribution in [-0.2, 0) is 11.3 Å². The lowest BCUT2D eigenvalue weighted by Crippen LogP contribution is -2.29. The minimum absolute atomic E-state index is 0.0377. The number of fused-ring (bicyclic) bond motifs is 1. The van der Waals surface area contributed by atoms with Gasteiger partial charge in [0.05, 0.1) is 28.6 Å². The first kappa shape index (κ1) is 19.8. The first-order chi connectivity index (χ1) is 15.1. The first-order valence-electron chi connectivity index (χ1n) is 9.83. The molecular formula is C24H20N4OS2. The number of hydrogen-bond acceptors (Lipinski definition) is 6. The molecule has 5 rings (SSSR count). The summed E-state index contributed by atoms with van der Waals surface area (Å²) in [5.74, 6) is -0.0377. The fraction of sp³-hybridized carbons (Fsp3) is 0.0833. The molecule has 2 aliphatic rings. The molecule has 1 fully saturated rings. The van der Waals surface area contributed by atoms with E-state index in [9.17, 15) is 4.79 Å². The Morgan fingerprint density at radius 2 is 1.61 bits per heavy atom. The summed E-state index contributed by atoms with van der Waals surface area (Å²) >= 11 is 3.03. The molecule has 1 amide bonds. The summed E-state index contributed by atoms with van der Waals surface area (Å²) in [6.07, 6.45) is 0. The molecule has 0 bridgehead atoms. The van der Waals surface area contributed by atoms with Gasteiger partial charge in [0.1, 0.15) is 4.91 Å². The lowest BCUT2D eigenvalue weighted by atomic mass is 10.2. The van der Waals surface area contributed by atoms with Crippen molar-refractivity contribution in [2.45, 2.75) is 11.4 Å². The highest BCUT2D eigenvalue weighted by Gasteiger charge is 2.39. The van der Waals surface area contributed by atoms with Crippen molar-refractivity contribution in [2.75, 3.05) is 17.7 Å². The quantitative estimate of drug-likeness (QED) is 0.430. The van der Waals surface area contributed by atoms with E-state index < -0.39 is 0 Å². The van der Waals surface area contributed by atoms with Crippen LogP contribution in [0.25, 0.3) is 0 Å². The zero-order valence-electron chi connectivity index (χ0n) is 16.9. The van der Waals surface area contributed by atoms with E-state index in [-0.39, 0.29) is 5.91 Å². The Bertz CT molecular complexity index is 1220. The summed E-state index contributed by atoms with van der Waals surface area (Å²) in [6.45, 7) is 0.455. The molecule has 5 nitrogen and oxygen atoms in total.